The number of imidazole rings is 1. The van der Waals surface area contributed by atoms with E-state index in [0.717, 1.165) is 17.7 Å². The highest BCUT2D eigenvalue weighted by atomic mass is 35.5. The molecule has 1 saturated heterocycles. The van der Waals surface area contributed by atoms with Gasteiger partial charge in [-0.1, -0.05) is 41.9 Å². The number of anilines is 2. The number of aromatic amines is 1. The summed E-state index contributed by atoms with van der Waals surface area (Å²) in [5.74, 6) is -1.27. The molecule has 1 aromatic heterocycles. The summed E-state index contributed by atoms with van der Waals surface area (Å²) in [6.45, 7) is 0.804. The molecule has 0 bridgehead atoms. The van der Waals surface area contributed by atoms with Crippen molar-refractivity contribution >= 4 is 46.3 Å². The fourth-order valence-corrected chi connectivity index (χ4v) is 5.13. The molecule has 2 atom stereocenters. The molecular weight excluding hydrogens is 515 g/mol. The van der Waals surface area contributed by atoms with Crippen molar-refractivity contribution in [1.82, 2.24) is 9.97 Å². The Labute approximate surface area is 221 Å². The van der Waals surface area contributed by atoms with Crippen LogP contribution in [0.2, 0.25) is 5.02 Å². The molecule has 38 heavy (non-hydrogen) atoms. The topological polar surface area (TPSA) is 117 Å². The molecule has 9 nitrogen and oxygen atoms in total. The maximum absolute atomic E-state index is 15.1. The van der Waals surface area contributed by atoms with Gasteiger partial charge < -0.3 is 19.6 Å². The monoisotopic (exact) mass is 536 g/mol. The van der Waals surface area contributed by atoms with E-state index in [0.29, 0.717) is 23.2 Å². The van der Waals surface area contributed by atoms with Crippen molar-refractivity contribution in [2.24, 2.45) is 0 Å². The van der Waals surface area contributed by atoms with Gasteiger partial charge in [0.05, 0.1) is 27.8 Å². The smallest absolute Gasteiger partial charge is 0.414 e. The summed E-state index contributed by atoms with van der Waals surface area (Å²) in [6.07, 6.45) is 0.983. The third-order valence-corrected chi connectivity index (χ3v) is 7.05. The van der Waals surface area contributed by atoms with Gasteiger partial charge in [0.15, 0.2) is 11.5 Å². The van der Waals surface area contributed by atoms with Crippen molar-refractivity contribution in [2.75, 3.05) is 23.4 Å². The second kappa shape index (κ2) is 9.39. The average Bonchev–Trinajstić information content (AvgIpc) is 3.63. The number of amides is 2. The van der Waals surface area contributed by atoms with E-state index in [2.05, 4.69) is 15.3 Å². The average molecular weight is 537 g/mol. The van der Waals surface area contributed by atoms with Crippen LogP contribution in [0.1, 0.15) is 34.3 Å². The van der Waals surface area contributed by atoms with Crippen LogP contribution in [0, 0.1) is 5.82 Å². The Balaban J connectivity index is 1.35. The van der Waals surface area contributed by atoms with Crippen molar-refractivity contribution in [2.45, 2.75) is 24.7 Å². The molecule has 3 N–H and O–H groups in total. The molecule has 0 saturated carbocycles. The van der Waals surface area contributed by atoms with Gasteiger partial charge >= 0.3 is 6.09 Å². The minimum Gasteiger partial charge on any atom is -0.446 e. The number of H-pyrrole nitrogens is 1. The zero-order valence-corrected chi connectivity index (χ0v) is 20.7. The van der Waals surface area contributed by atoms with Crippen LogP contribution in [0.3, 0.4) is 0 Å². The second-order valence-corrected chi connectivity index (χ2v) is 9.51. The van der Waals surface area contributed by atoms with Gasteiger partial charge in [-0.2, -0.15) is 0 Å². The Morgan fingerprint density at radius 1 is 1.26 bits per heavy atom. The number of rotatable bonds is 5. The molecule has 4 aromatic rings. The number of ether oxygens (including phenoxy) is 2. The molecule has 2 aliphatic heterocycles. The number of nitrogens with one attached hydrogen (secondary N) is 2. The summed E-state index contributed by atoms with van der Waals surface area (Å²) >= 11 is 6.01. The van der Waals surface area contributed by atoms with E-state index in [9.17, 15) is 14.7 Å². The largest absolute Gasteiger partial charge is 0.446 e. The fourth-order valence-electron chi connectivity index (χ4n) is 4.96. The highest BCUT2D eigenvalue weighted by Gasteiger charge is 2.51. The normalized spacial score (nSPS) is 20.7. The molecule has 0 aliphatic carbocycles. The first-order chi connectivity index (χ1) is 18.4. The lowest BCUT2D eigenvalue weighted by Crippen LogP contribution is -2.45. The Morgan fingerprint density at radius 2 is 2.11 bits per heavy atom. The summed E-state index contributed by atoms with van der Waals surface area (Å²) in [7, 11) is 0. The van der Waals surface area contributed by atoms with Crippen molar-refractivity contribution < 1.29 is 28.6 Å². The van der Waals surface area contributed by atoms with Gasteiger partial charge in [0.25, 0.3) is 5.91 Å². The summed E-state index contributed by atoms with van der Waals surface area (Å²) in [5, 5.41) is 14.5. The van der Waals surface area contributed by atoms with E-state index in [4.69, 9.17) is 21.1 Å². The predicted octanol–water partition coefficient (Wildman–Crippen LogP) is 4.94. The van der Waals surface area contributed by atoms with Crippen LogP contribution in [0.4, 0.5) is 20.8 Å². The number of halogens is 2. The number of carbonyl (C=O) groups is 2. The van der Waals surface area contributed by atoms with Gasteiger partial charge in [0, 0.05) is 23.3 Å². The lowest BCUT2D eigenvalue weighted by Gasteiger charge is -2.35. The standard InChI is InChI=1S/C27H22ClFN4O5/c28-19-8-3-9-22(23(19)29)33-24(34)17-6-1-2-7-18(17)27(33,36)15-10-11-20-21(13-15)31-25(30-20)32-26(35)38-14-16-5-4-12-37-16/h1-3,6-11,13,16,36H,4-5,12,14H2,(H2,30,31,32,35). The van der Waals surface area contributed by atoms with Crippen LogP contribution in [0.25, 0.3) is 11.0 Å². The van der Waals surface area contributed by atoms with E-state index >= 15 is 4.39 Å². The maximum Gasteiger partial charge on any atom is 0.414 e. The van der Waals surface area contributed by atoms with Gasteiger partial charge in [0.2, 0.25) is 5.95 Å². The molecule has 2 aliphatic rings. The molecule has 11 heteroatoms. The molecule has 3 aromatic carbocycles. The maximum atomic E-state index is 15.1. The third kappa shape index (κ3) is 3.97. The molecule has 2 unspecified atom stereocenters. The fraction of sp³-hybridized carbons (Fsp3) is 0.222. The number of nitrogens with zero attached hydrogens (tertiary/aromatic N) is 2. The van der Waals surface area contributed by atoms with Gasteiger partial charge in [-0.25, -0.2) is 14.2 Å². The molecule has 3 heterocycles. The van der Waals surface area contributed by atoms with Crippen molar-refractivity contribution in [3.8, 4) is 0 Å². The number of benzene rings is 3. The number of hydrogen-bond donors (Lipinski definition) is 3. The quantitative estimate of drug-likeness (QED) is 0.333. The van der Waals surface area contributed by atoms with Crippen LogP contribution in [-0.4, -0.2) is 46.4 Å². The lowest BCUT2D eigenvalue weighted by atomic mass is 9.93. The summed E-state index contributed by atoms with van der Waals surface area (Å²) in [5.41, 5.74) is -0.457. The highest BCUT2D eigenvalue weighted by Crippen LogP contribution is 2.46. The van der Waals surface area contributed by atoms with Crippen molar-refractivity contribution in [3.63, 3.8) is 0 Å². The van der Waals surface area contributed by atoms with E-state index in [1.807, 2.05) is 0 Å². The second-order valence-electron chi connectivity index (χ2n) is 9.11. The molecule has 0 spiro atoms. The minimum atomic E-state index is -2.05. The Bertz CT molecular complexity index is 1570. The number of fused-ring (bicyclic) bond motifs is 2. The van der Waals surface area contributed by atoms with E-state index in [1.165, 1.54) is 18.2 Å². The zero-order chi connectivity index (χ0) is 26.4. The van der Waals surface area contributed by atoms with Crippen LogP contribution in [0.15, 0.2) is 60.7 Å². The predicted molar refractivity (Wildman–Crippen MR) is 138 cm³/mol. The van der Waals surface area contributed by atoms with E-state index in [-0.39, 0.29) is 40.5 Å². The summed E-state index contributed by atoms with van der Waals surface area (Å²) < 4.78 is 25.8. The summed E-state index contributed by atoms with van der Waals surface area (Å²) in [6, 6.07) is 15.6. The third-order valence-electron chi connectivity index (χ3n) is 6.76. The van der Waals surface area contributed by atoms with Gasteiger partial charge in [-0.05, 0) is 43.2 Å². The number of hydrogen-bond acceptors (Lipinski definition) is 6. The first-order valence-electron chi connectivity index (χ1n) is 12.0. The number of aromatic nitrogens is 2. The molecule has 1 fully saturated rings. The van der Waals surface area contributed by atoms with Crippen molar-refractivity contribution in [1.29, 1.82) is 0 Å². The van der Waals surface area contributed by atoms with Gasteiger partial charge in [-0.3, -0.25) is 15.0 Å². The highest BCUT2D eigenvalue weighted by molar-refractivity contribution is 6.31. The molecule has 6 rings (SSSR count). The molecule has 2 amide bonds. The van der Waals surface area contributed by atoms with Crippen LogP contribution in [0.5, 0.6) is 0 Å². The van der Waals surface area contributed by atoms with Crippen molar-refractivity contribution in [3.05, 3.63) is 88.2 Å². The Kier molecular flexibility index (Phi) is 6.02. The molecule has 194 valence electrons. The SMILES string of the molecule is O=C(Nc1nc2ccc(C3(O)c4ccccc4C(=O)N3c3cccc(Cl)c3F)cc2[nH]1)OCC1CCCO1. The Hall–Kier alpha value is -3.99. The molecular formula is C27H22ClFN4O5. The number of carbonyl (C=O) groups excluding carboxylic acids is 2. The summed E-state index contributed by atoms with van der Waals surface area (Å²) in [4.78, 5) is 34.0. The van der Waals surface area contributed by atoms with Crippen LogP contribution >= 0.6 is 11.6 Å². The van der Waals surface area contributed by atoms with E-state index < -0.39 is 23.5 Å². The first-order valence-corrected chi connectivity index (χ1v) is 12.4. The number of aliphatic hydroxyl groups is 1. The van der Waals surface area contributed by atoms with Gasteiger partial charge in [0.1, 0.15) is 6.61 Å². The van der Waals surface area contributed by atoms with Crippen LogP contribution in [-0.2, 0) is 15.2 Å². The van der Waals surface area contributed by atoms with Gasteiger partial charge in [-0.15, -0.1) is 0 Å². The van der Waals surface area contributed by atoms with Crippen LogP contribution < -0.4 is 10.2 Å². The molecule has 0 radical (unpaired) electrons. The minimum absolute atomic E-state index is 0.107. The zero-order valence-electron chi connectivity index (χ0n) is 19.9. The first kappa shape index (κ1) is 24.4. The lowest BCUT2D eigenvalue weighted by molar-refractivity contribution is 0.0484. The van der Waals surface area contributed by atoms with E-state index in [1.54, 1.807) is 42.5 Å². The Morgan fingerprint density at radius 3 is 2.92 bits per heavy atom.